The maximum Gasteiger partial charge on any atom is 0.217 e. The van der Waals surface area contributed by atoms with Gasteiger partial charge in [0, 0.05) is 18.8 Å². The van der Waals surface area contributed by atoms with Crippen molar-refractivity contribution in [2.75, 3.05) is 6.54 Å². The van der Waals surface area contributed by atoms with Crippen molar-refractivity contribution in [3.63, 3.8) is 0 Å². The van der Waals surface area contributed by atoms with Gasteiger partial charge in [0.2, 0.25) is 5.91 Å². The normalized spacial score (nSPS) is 20.8. The van der Waals surface area contributed by atoms with E-state index < -0.39 is 0 Å². The average molecular weight is 352 g/mol. The number of pyridine rings is 2. The molecule has 0 spiro atoms. The van der Waals surface area contributed by atoms with Gasteiger partial charge >= 0.3 is 0 Å². The number of primary amides is 1. The van der Waals surface area contributed by atoms with E-state index in [-0.39, 0.29) is 18.0 Å². The number of hydrogen-bond donors (Lipinski definition) is 1. The number of aromatic nitrogens is 2. The Kier molecular flexibility index (Phi) is 5.99. The van der Waals surface area contributed by atoms with Gasteiger partial charge in [0.1, 0.15) is 0 Å². The number of piperidine rings is 1. The Morgan fingerprint density at radius 3 is 2.08 bits per heavy atom. The molecular formula is C21H28N4O. The summed E-state index contributed by atoms with van der Waals surface area (Å²) < 4.78 is 0. The van der Waals surface area contributed by atoms with Crippen molar-refractivity contribution in [2.24, 2.45) is 5.73 Å². The highest BCUT2D eigenvalue weighted by Crippen LogP contribution is 2.42. The Labute approximate surface area is 155 Å². The molecule has 3 rings (SSSR count). The zero-order chi connectivity index (χ0) is 18.5. The summed E-state index contributed by atoms with van der Waals surface area (Å²) in [5.41, 5.74) is 10.1. The minimum atomic E-state index is -0.238. The summed E-state index contributed by atoms with van der Waals surface area (Å²) in [5, 5.41) is 0. The topological polar surface area (TPSA) is 72.1 Å². The molecule has 5 heteroatoms. The Bertz CT molecular complexity index is 708. The highest BCUT2D eigenvalue weighted by molar-refractivity contribution is 5.73. The van der Waals surface area contributed by atoms with E-state index in [9.17, 15) is 4.79 Å². The molecule has 0 aliphatic carbocycles. The highest BCUT2D eigenvalue weighted by atomic mass is 16.1. The first-order chi connectivity index (χ1) is 12.6. The van der Waals surface area contributed by atoms with Crippen LogP contribution in [0.4, 0.5) is 0 Å². The van der Waals surface area contributed by atoms with Crippen LogP contribution in [0.5, 0.6) is 0 Å². The van der Waals surface area contributed by atoms with Crippen LogP contribution in [0.15, 0.2) is 36.7 Å². The van der Waals surface area contributed by atoms with Crippen molar-refractivity contribution in [3.05, 3.63) is 59.2 Å². The Balaban J connectivity index is 1.93. The number of carbonyl (C=O) groups excluding carboxylic acids is 1. The molecule has 2 N–H and O–H groups in total. The van der Waals surface area contributed by atoms with Crippen molar-refractivity contribution in [3.8, 4) is 0 Å². The van der Waals surface area contributed by atoms with Crippen molar-refractivity contribution in [1.82, 2.24) is 14.9 Å². The molecule has 3 heterocycles. The number of hydrogen-bond acceptors (Lipinski definition) is 4. The van der Waals surface area contributed by atoms with E-state index in [0.29, 0.717) is 6.42 Å². The van der Waals surface area contributed by atoms with Gasteiger partial charge in [-0.2, -0.15) is 0 Å². The quantitative estimate of drug-likeness (QED) is 0.862. The van der Waals surface area contributed by atoms with E-state index in [1.165, 1.54) is 11.1 Å². The zero-order valence-electron chi connectivity index (χ0n) is 15.7. The van der Waals surface area contributed by atoms with E-state index in [4.69, 9.17) is 15.7 Å². The molecule has 0 unspecified atom stereocenters. The smallest absolute Gasteiger partial charge is 0.217 e. The van der Waals surface area contributed by atoms with Gasteiger partial charge < -0.3 is 5.73 Å². The van der Waals surface area contributed by atoms with Gasteiger partial charge in [0.05, 0.1) is 23.5 Å². The molecule has 138 valence electrons. The molecule has 0 radical (unpaired) electrons. The average Bonchev–Trinajstić information content (AvgIpc) is 2.63. The second-order valence-corrected chi connectivity index (χ2v) is 7.18. The first-order valence-corrected chi connectivity index (χ1v) is 9.45. The third-order valence-corrected chi connectivity index (χ3v) is 5.33. The molecule has 1 aliphatic rings. The predicted molar refractivity (Wildman–Crippen MR) is 102 cm³/mol. The van der Waals surface area contributed by atoms with Crippen molar-refractivity contribution in [2.45, 2.75) is 58.0 Å². The van der Waals surface area contributed by atoms with Gasteiger partial charge in [-0.15, -0.1) is 0 Å². The number of rotatable bonds is 6. The van der Waals surface area contributed by atoms with Gasteiger partial charge in [-0.05, 0) is 69.3 Å². The summed E-state index contributed by atoms with van der Waals surface area (Å²) in [5.74, 6) is -0.238. The molecule has 0 aromatic carbocycles. The van der Waals surface area contributed by atoms with Crippen LogP contribution in [0, 0.1) is 13.8 Å². The van der Waals surface area contributed by atoms with Crippen molar-refractivity contribution >= 4 is 5.91 Å². The molecule has 2 aromatic rings. The fourth-order valence-corrected chi connectivity index (χ4v) is 4.08. The molecule has 26 heavy (non-hydrogen) atoms. The number of nitrogens with two attached hydrogens (primary N) is 1. The predicted octanol–water partition coefficient (Wildman–Crippen LogP) is 3.63. The first-order valence-electron chi connectivity index (χ1n) is 9.45. The second kappa shape index (κ2) is 8.41. The summed E-state index contributed by atoms with van der Waals surface area (Å²) in [6.07, 6.45) is 8.23. The van der Waals surface area contributed by atoms with E-state index >= 15 is 0 Å². The molecule has 0 saturated carbocycles. The van der Waals surface area contributed by atoms with Gasteiger partial charge in [-0.3, -0.25) is 19.7 Å². The maximum absolute atomic E-state index is 11.2. The summed E-state index contributed by atoms with van der Waals surface area (Å²) >= 11 is 0. The minimum Gasteiger partial charge on any atom is -0.370 e. The number of amides is 1. The van der Waals surface area contributed by atoms with Crippen LogP contribution in [0.3, 0.4) is 0 Å². The standard InChI is InChI=1S/C21H28N4O/c1-15-7-4-12-23-20(15)17-9-3-10-18(21-16(2)8-5-13-24-21)25(17)14-6-11-19(22)26/h4-5,7-8,12-13,17-18H,3,6,9-11,14H2,1-2H3,(H2,22,26)/t17-,18+. The van der Waals surface area contributed by atoms with E-state index in [0.717, 1.165) is 43.6 Å². The zero-order valence-corrected chi connectivity index (χ0v) is 15.7. The van der Waals surface area contributed by atoms with E-state index in [1.54, 1.807) is 0 Å². The Morgan fingerprint density at radius 1 is 1.08 bits per heavy atom. The Hall–Kier alpha value is -2.27. The molecule has 2 atom stereocenters. The highest BCUT2D eigenvalue weighted by Gasteiger charge is 2.34. The summed E-state index contributed by atoms with van der Waals surface area (Å²) in [7, 11) is 0. The SMILES string of the molecule is Cc1cccnc1[C@H]1CCC[C@@H](c2ncccc2C)N1CCCC(N)=O. The Morgan fingerprint density at radius 2 is 1.62 bits per heavy atom. The van der Waals surface area contributed by atoms with E-state index in [2.05, 4.69) is 30.9 Å². The molecule has 1 fully saturated rings. The third-order valence-electron chi connectivity index (χ3n) is 5.33. The molecule has 1 amide bonds. The second-order valence-electron chi connectivity index (χ2n) is 7.18. The lowest BCUT2D eigenvalue weighted by Crippen LogP contribution is -2.38. The van der Waals surface area contributed by atoms with Gasteiger partial charge in [0.15, 0.2) is 0 Å². The van der Waals surface area contributed by atoms with Gasteiger partial charge in [-0.25, -0.2) is 0 Å². The molecule has 1 aliphatic heterocycles. The number of carbonyl (C=O) groups is 1. The van der Waals surface area contributed by atoms with Crippen LogP contribution in [0.2, 0.25) is 0 Å². The molecule has 0 bridgehead atoms. The molecular weight excluding hydrogens is 324 g/mol. The summed E-state index contributed by atoms with van der Waals surface area (Å²) in [6.45, 7) is 5.07. The molecule has 5 nitrogen and oxygen atoms in total. The molecule has 2 aromatic heterocycles. The van der Waals surface area contributed by atoms with Crippen LogP contribution in [-0.4, -0.2) is 27.3 Å². The lowest BCUT2D eigenvalue weighted by molar-refractivity contribution is -0.118. The van der Waals surface area contributed by atoms with E-state index in [1.807, 2.05) is 24.5 Å². The van der Waals surface area contributed by atoms with Crippen LogP contribution in [0.25, 0.3) is 0 Å². The third kappa shape index (κ3) is 4.10. The largest absolute Gasteiger partial charge is 0.370 e. The summed E-state index contributed by atoms with van der Waals surface area (Å²) in [4.78, 5) is 23.1. The first kappa shape index (κ1) is 18.5. The fraction of sp³-hybridized carbons (Fsp3) is 0.476. The van der Waals surface area contributed by atoms with Crippen LogP contribution in [0.1, 0.15) is 66.7 Å². The number of aryl methyl sites for hydroxylation is 2. The fourth-order valence-electron chi connectivity index (χ4n) is 4.08. The van der Waals surface area contributed by atoms with Crippen molar-refractivity contribution in [1.29, 1.82) is 0 Å². The van der Waals surface area contributed by atoms with Crippen molar-refractivity contribution < 1.29 is 4.79 Å². The minimum absolute atomic E-state index is 0.238. The number of likely N-dealkylation sites (tertiary alicyclic amines) is 1. The lowest BCUT2D eigenvalue weighted by atomic mass is 9.88. The monoisotopic (exact) mass is 352 g/mol. The van der Waals surface area contributed by atoms with Crippen LogP contribution < -0.4 is 5.73 Å². The van der Waals surface area contributed by atoms with Gasteiger partial charge in [0.25, 0.3) is 0 Å². The maximum atomic E-state index is 11.2. The van der Waals surface area contributed by atoms with Crippen LogP contribution in [-0.2, 0) is 4.79 Å². The van der Waals surface area contributed by atoms with Gasteiger partial charge in [-0.1, -0.05) is 12.1 Å². The molecule has 1 saturated heterocycles. The van der Waals surface area contributed by atoms with Crippen LogP contribution >= 0.6 is 0 Å². The summed E-state index contributed by atoms with van der Waals surface area (Å²) in [6, 6.07) is 8.73. The lowest BCUT2D eigenvalue weighted by Gasteiger charge is -2.42. The number of nitrogens with zero attached hydrogens (tertiary/aromatic N) is 3.